The number of carbonyl (C=O) groups is 2. The zero-order chi connectivity index (χ0) is 14.6. The molecule has 1 saturated carbocycles. The molecule has 0 aromatic heterocycles. The van der Waals surface area contributed by atoms with Crippen LogP contribution < -0.4 is 5.32 Å². The Morgan fingerprint density at radius 3 is 2.21 bits per heavy atom. The average molecular weight is 292 g/mol. The van der Waals surface area contributed by atoms with E-state index in [2.05, 4.69) is 5.32 Å². The van der Waals surface area contributed by atoms with Crippen molar-refractivity contribution in [1.82, 2.24) is 9.62 Å². The van der Waals surface area contributed by atoms with Crippen molar-refractivity contribution in [1.29, 1.82) is 0 Å². The molecule has 8 heteroatoms. The first-order valence-corrected chi connectivity index (χ1v) is 7.98. The van der Waals surface area contributed by atoms with Gasteiger partial charge in [-0.15, -0.1) is 0 Å². The lowest BCUT2D eigenvalue weighted by atomic mass is 9.86. The van der Waals surface area contributed by atoms with Crippen molar-refractivity contribution in [3.63, 3.8) is 0 Å². The maximum atomic E-state index is 11.7. The van der Waals surface area contributed by atoms with Crippen molar-refractivity contribution in [3.05, 3.63) is 0 Å². The molecular formula is C11H20N2O5S. The number of sulfonamides is 1. The van der Waals surface area contributed by atoms with Gasteiger partial charge in [-0.05, 0) is 25.7 Å². The first-order valence-electron chi connectivity index (χ1n) is 6.13. The molecule has 7 nitrogen and oxygen atoms in total. The number of likely N-dealkylation sites (N-methyl/N-ethyl adjacent to an activating group) is 1. The maximum absolute atomic E-state index is 11.7. The van der Waals surface area contributed by atoms with E-state index in [0.717, 1.165) is 10.6 Å². The number of hydrogen-bond donors (Lipinski definition) is 2. The summed E-state index contributed by atoms with van der Waals surface area (Å²) in [6.07, 6.45) is 3.36. The minimum Gasteiger partial charge on any atom is -0.481 e. The van der Waals surface area contributed by atoms with E-state index in [4.69, 9.17) is 5.11 Å². The number of amides is 1. The fraction of sp³-hybridized carbons (Fsp3) is 0.818. The van der Waals surface area contributed by atoms with Gasteiger partial charge >= 0.3 is 5.97 Å². The van der Waals surface area contributed by atoms with Gasteiger partial charge in [-0.25, -0.2) is 8.42 Å². The van der Waals surface area contributed by atoms with Crippen molar-refractivity contribution in [2.45, 2.75) is 31.7 Å². The number of nitrogens with zero attached hydrogens (tertiary/aromatic N) is 1. The number of carboxylic acids is 1. The molecular weight excluding hydrogens is 272 g/mol. The topological polar surface area (TPSA) is 104 Å². The third-order valence-electron chi connectivity index (χ3n) is 3.37. The minimum atomic E-state index is -3.36. The van der Waals surface area contributed by atoms with Crippen molar-refractivity contribution in [2.24, 2.45) is 5.92 Å². The summed E-state index contributed by atoms with van der Waals surface area (Å²) in [6.45, 7) is -0.211. The van der Waals surface area contributed by atoms with Gasteiger partial charge in [-0.3, -0.25) is 9.59 Å². The van der Waals surface area contributed by atoms with Gasteiger partial charge in [0.1, 0.15) is 0 Å². The Balaban J connectivity index is 2.37. The Kier molecular flexibility index (Phi) is 5.30. The molecule has 0 heterocycles. The van der Waals surface area contributed by atoms with Crippen molar-refractivity contribution < 1.29 is 23.1 Å². The molecule has 0 atom stereocenters. The van der Waals surface area contributed by atoms with Crippen LogP contribution in [0.25, 0.3) is 0 Å². The molecule has 0 saturated heterocycles. The molecule has 2 N–H and O–H groups in total. The normalized spacial score (nSPS) is 24.2. The Labute approximate surface area is 113 Å². The molecule has 110 valence electrons. The van der Waals surface area contributed by atoms with Crippen LogP contribution in [0.4, 0.5) is 0 Å². The summed E-state index contributed by atoms with van der Waals surface area (Å²) in [5, 5.41) is 11.6. The van der Waals surface area contributed by atoms with Gasteiger partial charge in [0, 0.05) is 13.1 Å². The van der Waals surface area contributed by atoms with Crippen LogP contribution >= 0.6 is 0 Å². The smallest absolute Gasteiger partial charge is 0.306 e. The first-order chi connectivity index (χ1) is 8.70. The molecule has 0 aromatic rings. The van der Waals surface area contributed by atoms with Crippen LogP contribution in [-0.4, -0.2) is 55.6 Å². The number of hydrogen-bond acceptors (Lipinski definition) is 4. The van der Waals surface area contributed by atoms with Crippen LogP contribution in [0.2, 0.25) is 0 Å². The molecule has 0 aliphatic heterocycles. The van der Waals surface area contributed by atoms with E-state index in [1.54, 1.807) is 0 Å². The molecule has 0 bridgehead atoms. The van der Waals surface area contributed by atoms with E-state index >= 15 is 0 Å². The van der Waals surface area contributed by atoms with Crippen molar-refractivity contribution in [2.75, 3.05) is 19.8 Å². The Morgan fingerprint density at radius 2 is 1.79 bits per heavy atom. The Hall–Kier alpha value is -1.15. The van der Waals surface area contributed by atoms with Gasteiger partial charge in [0.05, 0.1) is 18.7 Å². The van der Waals surface area contributed by atoms with Crippen LogP contribution in [0.15, 0.2) is 0 Å². The zero-order valence-electron chi connectivity index (χ0n) is 11.1. The SMILES string of the molecule is CN(CC(=O)NC1CCC(C(=O)O)CC1)S(C)(=O)=O. The van der Waals surface area contributed by atoms with Gasteiger partial charge in [-0.2, -0.15) is 4.31 Å². The van der Waals surface area contributed by atoms with Gasteiger partial charge in [0.2, 0.25) is 15.9 Å². The lowest BCUT2D eigenvalue weighted by Crippen LogP contribution is -2.44. The molecule has 0 radical (unpaired) electrons. The average Bonchev–Trinajstić information content (AvgIpc) is 2.28. The quantitative estimate of drug-likeness (QED) is 0.720. The van der Waals surface area contributed by atoms with Crippen molar-refractivity contribution in [3.8, 4) is 0 Å². The fourth-order valence-corrected chi connectivity index (χ4v) is 2.43. The summed E-state index contributed by atoms with van der Waals surface area (Å²) in [7, 11) is -2.02. The molecule has 0 unspecified atom stereocenters. The number of carboxylic acid groups (broad SMARTS) is 1. The van der Waals surface area contributed by atoms with E-state index in [-0.39, 0.29) is 24.4 Å². The molecule has 0 aromatic carbocycles. The summed E-state index contributed by atoms with van der Waals surface area (Å²) in [4.78, 5) is 22.4. The predicted octanol–water partition coefficient (Wildman–Crippen LogP) is -0.363. The summed E-state index contributed by atoms with van der Waals surface area (Å²) < 4.78 is 23.3. The van der Waals surface area contributed by atoms with E-state index in [1.807, 2.05) is 0 Å². The van der Waals surface area contributed by atoms with Gasteiger partial charge in [0.25, 0.3) is 0 Å². The number of nitrogens with one attached hydrogen (secondary N) is 1. The predicted molar refractivity (Wildman–Crippen MR) is 69.0 cm³/mol. The molecule has 1 rings (SSSR count). The first kappa shape index (κ1) is 15.9. The zero-order valence-corrected chi connectivity index (χ0v) is 11.9. The van der Waals surface area contributed by atoms with E-state index in [0.29, 0.717) is 25.7 Å². The molecule has 1 aliphatic carbocycles. The number of carbonyl (C=O) groups excluding carboxylic acids is 1. The van der Waals surface area contributed by atoms with E-state index in [9.17, 15) is 18.0 Å². The lowest BCUT2D eigenvalue weighted by molar-refractivity contribution is -0.142. The second kappa shape index (κ2) is 6.33. The van der Waals surface area contributed by atoms with Crippen molar-refractivity contribution >= 4 is 21.9 Å². The summed E-state index contributed by atoms with van der Waals surface area (Å²) in [5.41, 5.74) is 0. The molecule has 19 heavy (non-hydrogen) atoms. The highest BCUT2D eigenvalue weighted by atomic mass is 32.2. The third kappa shape index (κ3) is 5.15. The highest BCUT2D eigenvalue weighted by Crippen LogP contribution is 2.24. The summed E-state index contributed by atoms with van der Waals surface area (Å²) in [6, 6.07) is -0.0592. The lowest BCUT2D eigenvalue weighted by Gasteiger charge is -2.27. The maximum Gasteiger partial charge on any atom is 0.306 e. The number of aliphatic carboxylic acids is 1. The molecule has 1 aliphatic rings. The third-order valence-corrected chi connectivity index (χ3v) is 4.64. The van der Waals surface area contributed by atoms with Crippen LogP contribution in [0.1, 0.15) is 25.7 Å². The highest BCUT2D eigenvalue weighted by Gasteiger charge is 2.27. The van der Waals surface area contributed by atoms with Crippen LogP contribution in [0.3, 0.4) is 0 Å². The molecule has 1 amide bonds. The number of rotatable bonds is 5. The van der Waals surface area contributed by atoms with Crippen LogP contribution in [-0.2, 0) is 19.6 Å². The van der Waals surface area contributed by atoms with Gasteiger partial charge < -0.3 is 10.4 Å². The second-order valence-electron chi connectivity index (χ2n) is 4.97. The minimum absolute atomic E-state index is 0.0592. The standard InChI is InChI=1S/C11H20N2O5S/c1-13(19(2,17)18)7-10(14)12-9-5-3-8(4-6-9)11(15)16/h8-9H,3-7H2,1-2H3,(H,12,14)(H,15,16). The monoisotopic (exact) mass is 292 g/mol. The van der Waals surface area contributed by atoms with Gasteiger partial charge in [0.15, 0.2) is 0 Å². The Bertz CT molecular complexity index is 440. The summed E-state index contributed by atoms with van der Waals surface area (Å²) >= 11 is 0. The molecule has 0 spiro atoms. The van der Waals surface area contributed by atoms with Crippen LogP contribution in [0.5, 0.6) is 0 Å². The second-order valence-corrected chi connectivity index (χ2v) is 7.06. The Morgan fingerprint density at radius 1 is 1.26 bits per heavy atom. The fourth-order valence-electron chi connectivity index (χ4n) is 2.08. The van der Waals surface area contributed by atoms with E-state index < -0.39 is 16.0 Å². The van der Waals surface area contributed by atoms with E-state index in [1.165, 1.54) is 7.05 Å². The largest absolute Gasteiger partial charge is 0.481 e. The highest BCUT2D eigenvalue weighted by molar-refractivity contribution is 7.88. The molecule has 1 fully saturated rings. The van der Waals surface area contributed by atoms with Crippen LogP contribution in [0, 0.1) is 5.92 Å². The summed E-state index contributed by atoms with van der Waals surface area (Å²) in [5.74, 6) is -1.47. The van der Waals surface area contributed by atoms with Gasteiger partial charge in [-0.1, -0.05) is 0 Å².